The van der Waals surface area contributed by atoms with Crippen molar-refractivity contribution in [3.8, 4) is 0 Å². The van der Waals surface area contributed by atoms with Crippen LogP contribution in [0, 0.1) is 0 Å². The predicted molar refractivity (Wildman–Crippen MR) is 41.7 cm³/mol. The van der Waals surface area contributed by atoms with Crippen LogP contribution in [-0.4, -0.2) is 22.6 Å². The summed E-state index contributed by atoms with van der Waals surface area (Å²) in [6, 6.07) is 0. The highest BCUT2D eigenvalue weighted by atomic mass is 35.5. The SMILES string of the molecule is C=CC(=O)OC(F)(C(F)(F)Cl)C(F)(F)Cl. The Hall–Kier alpha value is -0.560. The molecule has 0 saturated heterocycles. The van der Waals surface area contributed by atoms with E-state index < -0.39 is 22.6 Å². The van der Waals surface area contributed by atoms with Gasteiger partial charge in [-0.1, -0.05) is 6.58 Å². The summed E-state index contributed by atoms with van der Waals surface area (Å²) in [5.74, 6) is -7.02. The molecule has 0 saturated carbocycles. The van der Waals surface area contributed by atoms with Gasteiger partial charge in [0.2, 0.25) is 0 Å². The molecule has 0 atom stereocenters. The maximum Gasteiger partial charge on any atom is 0.407 e. The second-order valence-corrected chi connectivity index (χ2v) is 3.17. The standard InChI is InChI=1S/C6H3Cl2F5O2/c1-2-3(14)15-4(9,5(7,10)11)6(8,12)13/h2H,1H2. The van der Waals surface area contributed by atoms with Crippen LogP contribution in [0.2, 0.25) is 0 Å². The number of alkyl halides is 7. The van der Waals surface area contributed by atoms with Crippen molar-refractivity contribution < 1.29 is 31.5 Å². The average Bonchev–Trinajstić information content (AvgIpc) is 1.99. The minimum absolute atomic E-state index is 0.194. The van der Waals surface area contributed by atoms with Gasteiger partial charge in [0.15, 0.2) is 0 Å². The van der Waals surface area contributed by atoms with E-state index in [1.807, 2.05) is 0 Å². The molecule has 0 aliphatic heterocycles. The Morgan fingerprint density at radius 2 is 1.47 bits per heavy atom. The van der Waals surface area contributed by atoms with Crippen molar-refractivity contribution in [3.05, 3.63) is 12.7 Å². The molecule has 0 spiro atoms. The first kappa shape index (κ1) is 14.4. The molecule has 15 heavy (non-hydrogen) atoms. The van der Waals surface area contributed by atoms with Gasteiger partial charge < -0.3 is 4.74 Å². The molecule has 0 unspecified atom stereocenters. The van der Waals surface area contributed by atoms with Gasteiger partial charge in [-0.3, -0.25) is 0 Å². The summed E-state index contributed by atoms with van der Waals surface area (Å²) in [5.41, 5.74) is 0. The molecule has 0 aromatic heterocycles. The van der Waals surface area contributed by atoms with E-state index in [1.165, 1.54) is 0 Å². The first-order chi connectivity index (χ1) is 6.45. The highest BCUT2D eigenvalue weighted by Gasteiger charge is 2.72. The monoisotopic (exact) mass is 272 g/mol. The molecule has 0 heterocycles. The van der Waals surface area contributed by atoms with Gasteiger partial charge in [-0.05, 0) is 23.2 Å². The van der Waals surface area contributed by atoms with E-state index in [2.05, 4.69) is 34.5 Å². The zero-order valence-corrected chi connectivity index (χ0v) is 8.26. The van der Waals surface area contributed by atoms with Crippen LogP contribution in [0.5, 0.6) is 0 Å². The van der Waals surface area contributed by atoms with Gasteiger partial charge in [0.25, 0.3) is 0 Å². The highest BCUT2D eigenvalue weighted by molar-refractivity contribution is 6.26. The molecule has 0 amide bonds. The van der Waals surface area contributed by atoms with Gasteiger partial charge in [-0.2, -0.15) is 22.0 Å². The lowest BCUT2D eigenvalue weighted by Crippen LogP contribution is -2.55. The molecule has 0 aromatic rings. The normalized spacial score (nSPS) is 13.5. The van der Waals surface area contributed by atoms with Gasteiger partial charge in [0, 0.05) is 6.08 Å². The summed E-state index contributed by atoms with van der Waals surface area (Å²) in [5, 5.41) is -10.4. The lowest BCUT2D eigenvalue weighted by atomic mass is 10.3. The van der Waals surface area contributed by atoms with Gasteiger partial charge in [0.1, 0.15) is 0 Å². The summed E-state index contributed by atoms with van der Waals surface area (Å²) >= 11 is 8.08. The van der Waals surface area contributed by atoms with Gasteiger partial charge >= 0.3 is 22.6 Å². The summed E-state index contributed by atoms with van der Waals surface area (Å²) in [6.07, 6.45) is 0.194. The predicted octanol–water partition coefficient (Wildman–Crippen LogP) is 3.04. The summed E-state index contributed by atoms with van der Waals surface area (Å²) < 4.78 is 65.2. The van der Waals surface area contributed by atoms with Gasteiger partial charge in [-0.25, -0.2) is 4.79 Å². The third kappa shape index (κ3) is 2.94. The lowest BCUT2D eigenvalue weighted by Gasteiger charge is -2.30. The number of hydrogen-bond donors (Lipinski definition) is 0. The third-order valence-electron chi connectivity index (χ3n) is 1.14. The fraction of sp³-hybridized carbons (Fsp3) is 0.500. The molecule has 0 N–H and O–H groups in total. The van der Waals surface area contributed by atoms with Crippen LogP contribution in [-0.2, 0) is 9.53 Å². The van der Waals surface area contributed by atoms with Crippen molar-refractivity contribution in [3.63, 3.8) is 0 Å². The third-order valence-corrected chi connectivity index (χ3v) is 1.62. The molecule has 0 radical (unpaired) electrons. The number of ether oxygens (including phenoxy) is 1. The molecule has 88 valence electrons. The second kappa shape index (κ2) is 4.13. The minimum atomic E-state index is -5.20. The van der Waals surface area contributed by atoms with Crippen LogP contribution in [0.15, 0.2) is 12.7 Å². The van der Waals surface area contributed by atoms with Crippen LogP contribution in [0.25, 0.3) is 0 Å². The number of halogens is 7. The molecule has 0 aromatic carbocycles. The fourth-order valence-electron chi connectivity index (χ4n) is 0.457. The van der Waals surface area contributed by atoms with Crippen molar-refractivity contribution >= 4 is 29.2 Å². The van der Waals surface area contributed by atoms with Crippen molar-refractivity contribution in [2.75, 3.05) is 0 Å². The van der Waals surface area contributed by atoms with E-state index in [9.17, 15) is 26.7 Å². The summed E-state index contributed by atoms with van der Waals surface area (Å²) in [4.78, 5) is 10.4. The Bertz CT molecular complexity index is 256. The van der Waals surface area contributed by atoms with E-state index in [-0.39, 0.29) is 6.08 Å². The van der Waals surface area contributed by atoms with E-state index in [0.29, 0.717) is 0 Å². The number of carbonyl (C=O) groups is 1. The molecular weight excluding hydrogens is 270 g/mol. The molecule has 0 aliphatic carbocycles. The molecule has 0 bridgehead atoms. The zero-order chi connectivity index (χ0) is 12.5. The Kier molecular flexibility index (Phi) is 3.98. The molecule has 0 rings (SSSR count). The van der Waals surface area contributed by atoms with E-state index in [4.69, 9.17) is 0 Å². The smallest absolute Gasteiger partial charge is 0.407 e. The first-order valence-electron chi connectivity index (χ1n) is 3.13. The van der Waals surface area contributed by atoms with E-state index in [1.54, 1.807) is 0 Å². The first-order valence-corrected chi connectivity index (χ1v) is 3.89. The highest BCUT2D eigenvalue weighted by Crippen LogP contribution is 2.49. The molecule has 0 fully saturated rings. The maximum atomic E-state index is 13.0. The van der Waals surface area contributed by atoms with Crippen molar-refractivity contribution in [1.82, 2.24) is 0 Å². The molecule has 0 aliphatic rings. The summed E-state index contributed by atoms with van der Waals surface area (Å²) in [7, 11) is 0. The summed E-state index contributed by atoms with van der Waals surface area (Å²) in [6.45, 7) is 2.69. The van der Waals surface area contributed by atoms with Crippen LogP contribution in [0.4, 0.5) is 22.0 Å². The van der Waals surface area contributed by atoms with Gasteiger partial charge in [-0.15, -0.1) is 0 Å². The van der Waals surface area contributed by atoms with E-state index in [0.717, 1.165) is 0 Å². The molecule has 2 nitrogen and oxygen atoms in total. The van der Waals surface area contributed by atoms with Crippen LogP contribution < -0.4 is 0 Å². The van der Waals surface area contributed by atoms with Crippen LogP contribution in [0.1, 0.15) is 0 Å². The van der Waals surface area contributed by atoms with Crippen molar-refractivity contribution in [1.29, 1.82) is 0 Å². The van der Waals surface area contributed by atoms with Crippen LogP contribution >= 0.6 is 23.2 Å². The number of rotatable bonds is 4. The topological polar surface area (TPSA) is 26.3 Å². The number of carbonyl (C=O) groups excluding carboxylic acids is 1. The van der Waals surface area contributed by atoms with Gasteiger partial charge in [0.05, 0.1) is 0 Å². The average molecular weight is 273 g/mol. The fourth-order valence-corrected chi connectivity index (χ4v) is 0.820. The van der Waals surface area contributed by atoms with Crippen LogP contribution in [0.3, 0.4) is 0 Å². The Labute approximate surface area is 90.6 Å². The Morgan fingerprint density at radius 1 is 1.13 bits per heavy atom. The minimum Gasteiger partial charge on any atom is -0.412 e. The molecular formula is C6H3Cl2F5O2. The number of hydrogen-bond acceptors (Lipinski definition) is 2. The largest absolute Gasteiger partial charge is 0.412 e. The second-order valence-electron chi connectivity index (χ2n) is 2.22. The Balaban J connectivity index is 5.24. The number of esters is 1. The molecule has 9 heteroatoms. The van der Waals surface area contributed by atoms with Crippen molar-refractivity contribution in [2.45, 2.75) is 16.6 Å². The maximum absolute atomic E-state index is 13.0. The zero-order valence-electron chi connectivity index (χ0n) is 6.75. The van der Waals surface area contributed by atoms with E-state index >= 15 is 0 Å². The lowest BCUT2D eigenvalue weighted by molar-refractivity contribution is -0.295. The quantitative estimate of drug-likeness (QED) is 0.340. The Morgan fingerprint density at radius 3 is 1.67 bits per heavy atom. The van der Waals surface area contributed by atoms with Crippen molar-refractivity contribution in [2.24, 2.45) is 0 Å².